The largest absolute Gasteiger partial charge is 0.489 e. The van der Waals surface area contributed by atoms with Crippen LogP contribution in [0.3, 0.4) is 0 Å². The van der Waals surface area contributed by atoms with Gasteiger partial charge in [-0.15, -0.1) is 0 Å². The van der Waals surface area contributed by atoms with Crippen LogP contribution in [0.5, 0.6) is 5.75 Å². The van der Waals surface area contributed by atoms with Gasteiger partial charge in [0.1, 0.15) is 12.3 Å². The molecule has 0 aliphatic rings. The zero-order valence-corrected chi connectivity index (χ0v) is 19.8. The number of amides is 1. The predicted octanol–water partition coefficient (Wildman–Crippen LogP) is 3.04. The highest BCUT2D eigenvalue weighted by molar-refractivity contribution is 6.32. The van der Waals surface area contributed by atoms with Crippen molar-refractivity contribution < 1.29 is 9.53 Å². The smallest absolute Gasteiger partial charge is 0.355 e. The van der Waals surface area contributed by atoms with Crippen molar-refractivity contribution in [1.82, 2.24) is 19.4 Å². The maximum atomic E-state index is 13.2. The van der Waals surface area contributed by atoms with E-state index >= 15 is 0 Å². The quantitative estimate of drug-likeness (QED) is 0.501. The number of nitrogens with zero attached hydrogens (tertiary/aromatic N) is 3. The van der Waals surface area contributed by atoms with Crippen LogP contribution in [-0.2, 0) is 17.9 Å². The zero-order valence-electron chi connectivity index (χ0n) is 18.3. The minimum atomic E-state index is -0.857. The molecular formula is C22H23Cl2N5O4. The second kappa shape index (κ2) is 10.5. The SMILES string of the molecule is CNC(=O)Cn1c(=O)nc(Nc2ccc(OC(C)C)c(Cl)c2)n(Cc2ccc(Cl)cc2)c1=O. The van der Waals surface area contributed by atoms with Gasteiger partial charge in [0, 0.05) is 17.8 Å². The lowest BCUT2D eigenvalue weighted by Crippen LogP contribution is -2.45. The number of hydrogen-bond donors (Lipinski definition) is 2. The average Bonchev–Trinajstić information content (AvgIpc) is 2.76. The molecule has 0 unspecified atom stereocenters. The lowest BCUT2D eigenvalue weighted by Gasteiger charge is -2.16. The van der Waals surface area contributed by atoms with E-state index in [1.165, 1.54) is 11.6 Å². The van der Waals surface area contributed by atoms with E-state index in [-0.39, 0.29) is 18.6 Å². The van der Waals surface area contributed by atoms with Crippen LogP contribution in [0.2, 0.25) is 10.0 Å². The molecule has 33 heavy (non-hydrogen) atoms. The Morgan fingerprint density at radius 1 is 1.09 bits per heavy atom. The Kier molecular flexibility index (Phi) is 7.78. The van der Waals surface area contributed by atoms with Crippen LogP contribution in [0.25, 0.3) is 0 Å². The van der Waals surface area contributed by atoms with E-state index in [0.717, 1.165) is 10.1 Å². The summed E-state index contributed by atoms with van der Waals surface area (Å²) in [5, 5.41) is 6.27. The first kappa shape index (κ1) is 24.3. The van der Waals surface area contributed by atoms with E-state index < -0.39 is 23.8 Å². The molecule has 2 N–H and O–H groups in total. The third kappa shape index (κ3) is 6.15. The van der Waals surface area contributed by atoms with Gasteiger partial charge >= 0.3 is 11.4 Å². The third-order valence-corrected chi connectivity index (χ3v) is 5.08. The van der Waals surface area contributed by atoms with Crippen LogP contribution in [0.1, 0.15) is 19.4 Å². The van der Waals surface area contributed by atoms with Crippen LogP contribution >= 0.6 is 23.2 Å². The summed E-state index contributed by atoms with van der Waals surface area (Å²) in [7, 11) is 1.42. The van der Waals surface area contributed by atoms with Crippen LogP contribution in [0, 0.1) is 0 Å². The van der Waals surface area contributed by atoms with Crippen LogP contribution in [-0.4, -0.2) is 33.2 Å². The minimum Gasteiger partial charge on any atom is -0.489 e. The second-order valence-corrected chi connectivity index (χ2v) is 8.25. The van der Waals surface area contributed by atoms with E-state index in [4.69, 9.17) is 27.9 Å². The van der Waals surface area contributed by atoms with Gasteiger partial charge in [-0.05, 0) is 49.7 Å². The Bertz CT molecular complexity index is 1270. The molecule has 0 saturated carbocycles. The molecule has 0 radical (unpaired) electrons. The van der Waals surface area contributed by atoms with Gasteiger partial charge in [-0.1, -0.05) is 35.3 Å². The first-order valence-corrected chi connectivity index (χ1v) is 10.8. The summed E-state index contributed by atoms with van der Waals surface area (Å²) in [6.07, 6.45) is -0.0551. The summed E-state index contributed by atoms with van der Waals surface area (Å²) in [6, 6.07) is 11.9. The number of anilines is 2. The van der Waals surface area contributed by atoms with Gasteiger partial charge in [0.25, 0.3) is 0 Å². The highest BCUT2D eigenvalue weighted by atomic mass is 35.5. The number of carbonyl (C=O) groups excluding carboxylic acids is 1. The number of ether oxygens (including phenoxy) is 1. The molecule has 0 spiro atoms. The van der Waals surface area contributed by atoms with Gasteiger partial charge in [0.15, 0.2) is 0 Å². The molecule has 0 aliphatic carbocycles. The Balaban J connectivity index is 2.04. The lowest BCUT2D eigenvalue weighted by atomic mass is 10.2. The first-order valence-electron chi connectivity index (χ1n) is 10.1. The molecule has 0 atom stereocenters. The van der Waals surface area contributed by atoms with Gasteiger partial charge in [-0.25, -0.2) is 14.2 Å². The molecule has 0 aliphatic heterocycles. The Labute approximate surface area is 199 Å². The zero-order chi connectivity index (χ0) is 24.1. The van der Waals surface area contributed by atoms with E-state index in [9.17, 15) is 14.4 Å². The monoisotopic (exact) mass is 491 g/mol. The highest BCUT2D eigenvalue weighted by Crippen LogP contribution is 2.29. The molecule has 174 valence electrons. The number of benzene rings is 2. The first-order chi connectivity index (χ1) is 15.7. The van der Waals surface area contributed by atoms with Crippen molar-refractivity contribution in [2.75, 3.05) is 12.4 Å². The maximum absolute atomic E-state index is 13.2. The number of nitrogens with one attached hydrogen (secondary N) is 2. The number of aromatic nitrogens is 3. The summed E-state index contributed by atoms with van der Waals surface area (Å²) in [4.78, 5) is 41.5. The molecule has 0 saturated heterocycles. The van der Waals surface area contributed by atoms with E-state index in [1.54, 1.807) is 42.5 Å². The normalized spacial score (nSPS) is 10.8. The Morgan fingerprint density at radius 2 is 1.79 bits per heavy atom. The molecule has 1 heterocycles. The molecule has 3 aromatic rings. The fourth-order valence-electron chi connectivity index (χ4n) is 2.95. The molecule has 0 fully saturated rings. The van der Waals surface area contributed by atoms with Crippen LogP contribution in [0.15, 0.2) is 52.1 Å². The number of likely N-dealkylation sites (N-methyl/N-ethyl adjacent to an activating group) is 1. The van der Waals surface area contributed by atoms with Crippen LogP contribution < -0.4 is 26.7 Å². The molecule has 1 amide bonds. The standard InChI is InChI=1S/C22H23Cl2N5O4/c1-13(2)33-18-9-8-16(10-17(18)24)26-20-27-21(31)29(12-19(30)25-3)22(32)28(20)11-14-4-6-15(23)7-5-14/h4-10,13H,11-12H2,1-3H3,(H,25,30)(H,26,27,31). The van der Waals surface area contributed by atoms with Crippen molar-refractivity contribution in [3.8, 4) is 5.75 Å². The Hall–Kier alpha value is -3.30. The fraction of sp³-hybridized carbons (Fsp3) is 0.273. The van der Waals surface area contributed by atoms with Gasteiger partial charge in [0.05, 0.1) is 17.7 Å². The van der Waals surface area contributed by atoms with Crippen LogP contribution in [0.4, 0.5) is 11.6 Å². The van der Waals surface area contributed by atoms with Crippen molar-refractivity contribution in [3.05, 3.63) is 79.0 Å². The minimum absolute atomic E-state index is 0.00158. The molecule has 3 rings (SSSR count). The number of halogens is 2. The third-order valence-electron chi connectivity index (χ3n) is 4.54. The van der Waals surface area contributed by atoms with Crippen molar-refractivity contribution in [1.29, 1.82) is 0 Å². The Morgan fingerprint density at radius 3 is 2.39 bits per heavy atom. The molecule has 1 aromatic heterocycles. The molecular weight excluding hydrogens is 469 g/mol. The lowest BCUT2D eigenvalue weighted by molar-refractivity contribution is -0.121. The summed E-state index contributed by atoms with van der Waals surface area (Å²) in [6.45, 7) is 3.40. The number of carbonyl (C=O) groups is 1. The van der Waals surface area contributed by atoms with Crippen molar-refractivity contribution in [2.24, 2.45) is 0 Å². The molecule has 0 bridgehead atoms. The highest BCUT2D eigenvalue weighted by Gasteiger charge is 2.16. The van der Waals surface area contributed by atoms with Crippen molar-refractivity contribution in [3.63, 3.8) is 0 Å². The molecule has 11 heteroatoms. The summed E-state index contributed by atoms with van der Waals surface area (Å²) in [5.74, 6) is 0.00806. The van der Waals surface area contributed by atoms with Crippen molar-refractivity contribution >= 4 is 40.7 Å². The summed E-state index contributed by atoms with van der Waals surface area (Å²) >= 11 is 12.3. The molecule has 2 aromatic carbocycles. The maximum Gasteiger partial charge on any atom is 0.355 e. The van der Waals surface area contributed by atoms with E-state index in [2.05, 4.69) is 15.6 Å². The van der Waals surface area contributed by atoms with Gasteiger partial charge in [-0.3, -0.25) is 9.36 Å². The number of hydrogen-bond acceptors (Lipinski definition) is 6. The molecule has 9 nitrogen and oxygen atoms in total. The number of rotatable bonds is 8. The summed E-state index contributed by atoms with van der Waals surface area (Å²) in [5.41, 5.74) is -0.308. The topological polar surface area (TPSA) is 107 Å². The van der Waals surface area contributed by atoms with E-state index in [0.29, 0.717) is 21.5 Å². The second-order valence-electron chi connectivity index (χ2n) is 7.41. The van der Waals surface area contributed by atoms with E-state index in [1.807, 2.05) is 13.8 Å². The average molecular weight is 492 g/mol. The fourth-order valence-corrected chi connectivity index (χ4v) is 3.31. The van der Waals surface area contributed by atoms with Gasteiger partial charge in [0.2, 0.25) is 11.9 Å². The van der Waals surface area contributed by atoms with Gasteiger partial charge < -0.3 is 15.4 Å². The van der Waals surface area contributed by atoms with Gasteiger partial charge in [-0.2, -0.15) is 4.98 Å². The summed E-state index contributed by atoms with van der Waals surface area (Å²) < 4.78 is 7.67. The predicted molar refractivity (Wildman–Crippen MR) is 128 cm³/mol. The van der Waals surface area contributed by atoms with Crippen molar-refractivity contribution in [2.45, 2.75) is 33.0 Å².